The van der Waals surface area contributed by atoms with Crippen molar-refractivity contribution >= 4 is 17.4 Å². The Balaban J connectivity index is 2.53. The van der Waals surface area contributed by atoms with Gasteiger partial charge in [-0.1, -0.05) is 0 Å². The maximum Gasteiger partial charge on any atom is 0.317 e. The van der Waals surface area contributed by atoms with Crippen molar-refractivity contribution in [3.63, 3.8) is 0 Å². The van der Waals surface area contributed by atoms with Crippen molar-refractivity contribution in [2.75, 3.05) is 13.1 Å². The van der Waals surface area contributed by atoms with Crippen molar-refractivity contribution in [3.8, 4) is 0 Å². The lowest BCUT2D eigenvalue weighted by Gasteiger charge is -2.28. The Labute approximate surface area is 118 Å². The van der Waals surface area contributed by atoms with Crippen LogP contribution in [0.25, 0.3) is 0 Å². The fraction of sp³-hybridized carbons (Fsp3) is 0.692. The van der Waals surface area contributed by atoms with Crippen LogP contribution < -0.4 is 5.32 Å². The summed E-state index contributed by atoms with van der Waals surface area (Å²) in [5, 5.41) is 13.5. The molecule has 0 spiro atoms. The number of hydrogen-bond donors (Lipinski definition) is 2. The number of aryl methyl sites for hydroxylation is 2. The van der Waals surface area contributed by atoms with Crippen molar-refractivity contribution in [3.05, 3.63) is 15.6 Å². The summed E-state index contributed by atoms with van der Waals surface area (Å²) in [7, 11) is 0. The first-order valence-corrected chi connectivity index (χ1v) is 7.22. The number of hydrogen-bond acceptors (Lipinski definition) is 4. The molecule has 5 nitrogen and oxygen atoms in total. The van der Waals surface area contributed by atoms with Gasteiger partial charge >= 0.3 is 6.03 Å². The summed E-state index contributed by atoms with van der Waals surface area (Å²) < 4.78 is 0. The normalized spacial score (nSPS) is 11.5. The third-order valence-corrected chi connectivity index (χ3v) is 3.78. The molecule has 1 heterocycles. The fourth-order valence-corrected chi connectivity index (χ4v) is 2.55. The topological polar surface area (TPSA) is 65.5 Å². The number of carbonyl (C=O) groups excluding carboxylic acids is 1. The number of amides is 2. The summed E-state index contributed by atoms with van der Waals surface area (Å²) in [6.07, 6.45) is 0. The first-order valence-electron chi connectivity index (χ1n) is 6.41. The van der Waals surface area contributed by atoms with Gasteiger partial charge in [0, 0.05) is 11.4 Å². The number of carbonyl (C=O) groups is 1. The molecule has 0 saturated carbocycles. The minimum Gasteiger partial charge on any atom is -0.389 e. The molecule has 108 valence electrons. The molecule has 0 aliphatic rings. The maximum absolute atomic E-state index is 12.0. The van der Waals surface area contributed by atoms with E-state index in [1.807, 2.05) is 20.8 Å². The lowest BCUT2D eigenvalue weighted by Crippen LogP contribution is -2.46. The van der Waals surface area contributed by atoms with Crippen molar-refractivity contribution in [2.24, 2.45) is 0 Å². The number of urea groups is 1. The van der Waals surface area contributed by atoms with Gasteiger partial charge in [0.2, 0.25) is 0 Å². The summed E-state index contributed by atoms with van der Waals surface area (Å²) in [5.74, 6) is 0. The van der Waals surface area contributed by atoms with Gasteiger partial charge in [0.25, 0.3) is 0 Å². The van der Waals surface area contributed by atoms with Crippen molar-refractivity contribution in [1.29, 1.82) is 0 Å². The van der Waals surface area contributed by atoms with Crippen molar-refractivity contribution in [2.45, 2.75) is 46.8 Å². The molecule has 1 aromatic heterocycles. The lowest BCUT2D eigenvalue weighted by atomic mass is 10.1. The van der Waals surface area contributed by atoms with E-state index in [0.717, 1.165) is 10.7 Å². The van der Waals surface area contributed by atoms with E-state index in [9.17, 15) is 9.90 Å². The van der Waals surface area contributed by atoms with Gasteiger partial charge in [0.05, 0.1) is 24.4 Å². The van der Waals surface area contributed by atoms with Gasteiger partial charge in [-0.05, 0) is 34.6 Å². The van der Waals surface area contributed by atoms with E-state index < -0.39 is 5.60 Å². The number of nitrogens with one attached hydrogen (secondary N) is 1. The van der Waals surface area contributed by atoms with Crippen LogP contribution >= 0.6 is 11.3 Å². The molecule has 0 aromatic carbocycles. The van der Waals surface area contributed by atoms with E-state index in [1.165, 1.54) is 4.88 Å². The van der Waals surface area contributed by atoms with Crippen molar-refractivity contribution < 1.29 is 9.90 Å². The SMILES string of the molecule is CCN(CC(C)(C)O)C(=O)NCc1nc(C)c(C)s1. The van der Waals surface area contributed by atoms with E-state index in [0.29, 0.717) is 19.6 Å². The second kappa shape index (κ2) is 6.34. The number of likely N-dealkylation sites (N-methyl/N-ethyl adjacent to an activating group) is 1. The highest BCUT2D eigenvalue weighted by atomic mass is 32.1. The number of nitrogens with zero attached hydrogens (tertiary/aromatic N) is 2. The molecule has 0 saturated heterocycles. The molecule has 0 aliphatic heterocycles. The minimum absolute atomic E-state index is 0.171. The molecule has 6 heteroatoms. The van der Waals surface area contributed by atoms with E-state index in [-0.39, 0.29) is 6.03 Å². The van der Waals surface area contributed by atoms with Crippen LogP contribution in [0.5, 0.6) is 0 Å². The minimum atomic E-state index is -0.887. The van der Waals surface area contributed by atoms with Gasteiger partial charge in [0.1, 0.15) is 5.01 Å². The predicted octanol–water partition coefficient (Wildman–Crippen LogP) is 2.06. The first kappa shape index (κ1) is 15.9. The Morgan fingerprint density at radius 2 is 2.11 bits per heavy atom. The molecular formula is C13H23N3O2S. The Kier molecular flexibility index (Phi) is 5.31. The zero-order valence-electron chi connectivity index (χ0n) is 12.3. The Hall–Kier alpha value is -1.14. The second-order valence-corrected chi connectivity index (χ2v) is 6.52. The van der Waals surface area contributed by atoms with Gasteiger partial charge in [-0.25, -0.2) is 9.78 Å². The molecular weight excluding hydrogens is 262 g/mol. The Bertz CT molecular complexity index is 418. The predicted molar refractivity (Wildman–Crippen MR) is 77.4 cm³/mol. The molecule has 1 rings (SSSR count). The van der Waals surface area contributed by atoms with Gasteiger partial charge < -0.3 is 15.3 Å². The highest BCUT2D eigenvalue weighted by molar-refractivity contribution is 7.11. The van der Waals surface area contributed by atoms with Crippen molar-refractivity contribution in [1.82, 2.24) is 15.2 Å². The second-order valence-electron chi connectivity index (χ2n) is 5.23. The number of rotatable bonds is 5. The van der Waals surface area contributed by atoms with Crippen LogP contribution in [0.4, 0.5) is 4.79 Å². The highest BCUT2D eigenvalue weighted by Gasteiger charge is 2.21. The van der Waals surface area contributed by atoms with Crippen LogP contribution in [0.2, 0.25) is 0 Å². The third-order valence-electron chi connectivity index (χ3n) is 2.71. The summed E-state index contributed by atoms with van der Waals surface area (Å²) in [6, 6.07) is -0.171. The van der Waals surface area contributed by atoms with Crippen LogP contribution in [-0.4, -0.2) is 39.7 Å². The zero-order valence-corrected chi connectivity index (χ0v) is 13.1. The summed E-state index contributed by atoms with van der Waals surface area (Å²) >= 11 is 1.60. The monoisotopic (exact) mass is 285 g/mol. The molecule has 2 amide bonds. The van der Waals surface area contributed by atoms with Crippen LogP contribution in [0, 0.1) is 13.8 Å². The average molecular weight is 285 g/mol. The summed E-state index contributed by atoms with van der Waals surface area (Å²) in [6.45, 7) is 10.6. The van der Waals surface area contributed by atoms with Gasteiger partial charge in [-0.3, -0.25) is 0 Å². The standard InChI is InChI=1S/C13H23N3O2S/c1-6-16(8-13(4,5)18)12(17)14-7-11-15-9(2)10(3)19-11/h18H,6-8H2,1-5H3,(H,14,17). The van der Waals surface area contributed by atoms with E-state index in [1.54, 1.807) is 30.1 Å². The zero-order chi connectivity index (χ0) is 14.6. The average Bonchev–Trinajstić information content (AvgIpc) is 2.61. The summed E-state index contributed by atoms with van der Waals surface area (Å²) in [5.41, 5.74) is 0.125. The van der Waals surface area contributed by atoms with Crippen LogP contribution in [0.15, 0.2) is 0 Å². The molecule has 19 heavy (non-hydrogen) atoms. The van der Waals surface area contributed by atoms with Crippen LogP contribution in [0.3, 0.4) is 0 Å². The van der Waals surface area contributed by atoms with E-state index in [2.05, 4.69) is 10.3 Å². The Morgan fingerprint density at radius 3 is 2.53 bits per heavy atom. The molecule has 0 radical (unpaired) electrons. The molecule has 1 aromatic rings. The maximum atomic E-state index is 12.0. The highest BCUT2D eigenvalue weighted by Crippen LogP contribution is 2.16. The number of thiazole rings is 1. The van der Waals surface area contributed by atoms with Crippen LogP contribution in [-0.2, 0) is 6.54 Å². The quantitative estimate of drug-likeness (QED) is 0.870. The molecule has 0 fully saturated rings. The number of aliphatic hydroxyl groups is 1. The van der Waals surface area contributed by atoms with Gasteiger partial charge in [0.15, 0.2) is 0 Å². The number of aromatic nitrogens is 1. The molecule has 0 atom stereocenters. The van der Waals surface area contributed by atoms with Gasteiger partial charge in [-0.2, -0.15) is 0 Å². The third kappa shape index (κ3) is 5.16. The van der Waals surface area contributed by atoms with E-state index >= 15 is 0 Å². The fourth-order valence-electron chi connectivity index (χ4n) is 1.67. The molecule has 2 N–H and O–H groups in total. The van der Waals surface area contributed by atoms with E-state index in [4.69, 9.17) is 0 Å². The summed E-state index contributed by atoms with van der Waals surface area (Å²) in [4.78, 5) is 19.1. The largest absolute Gasteiger partial charge is 0.389 e. The van der Waals surface area contributed by atoms with Gasteiger partial charge in [-0.15, -0.1) is 11.3 Å². The smallest absolute Gasteiger partial charge is 0.317 e. The Morgan fingerprint density at radius 1 is 1.47 bits per heavy atom. The molecule has 0 aliphatic carbocycles. The lowest BCUT2D eigenvalue weighted by molar-refractivity contribution is 0.0480. The van der Waals surface area contributed by atoms with Crippen LogP contribution in [0.1, 0.15) is 36.3 Å². The molecule has 0 unspecified atom stereocenters. The first-order chi connectivity index (χ1) is 8.73. The molecule has 0 bridgehead atoms.